The van der Waals surface area contributed by atoms with Gasteiger partial charge in [-0.15, -0.1) is 0 Å². The molecule has 4 rings (SSSR count). The number of pyridine rings is 1. The molecule has 0 fully saturated rings. The Morgan fingerprint density at radius 3 is 2.86 bits per heavy atom. The molecule has 21 heavy (non-hydrogen) atoms. The van der Waals surface area contributed by atoms with Crippen LogP contribution >= 0.6 is 0 Å². The highest BCUT2D eigenvalue weighted by atomic mass is 16.2. The first-order valence-corrected chi connectivity index (χ1v) is 6.92. The van der Waals surface area contributed by atoms with Crippen molar-refractivity contribution in [1.29, 1.82) is 0 Å². The van der Waals surface area contributed by atoms with E-state index in [1.165, 1.54) is 11.1 Å². The highest BCUT2D eigenvalue weighted by Gasteiger charge is 2.39. The summed E-state index contributed by atoms with van der Waals surface area (Å²) in [6.07, 6.45) is 2.35. The maximum atomic E-state index is 12.5. The second-order valence-electron chi connectivity index (χ2n) is 5.19. The summed E-state index contributed by atoms with van der Waals surface area (Å²) in [6.45, 7) is 1.62. The summed E-state index contributed by atoms with van der Waals surface area (Å²) in [4.78, 5) is 30.4. The number of carbonyl (C=O) groups excluding carboxylic acids is 2. The zero-order chi connectivity index (χ0) is 14.4. The van der Waals surface area contributed by atoms with Gasteiger partial charge in [-0.3, -0.25) is 14.6 Å². The van der Waals surface area contributed by atoms with Crippen molar-refractivity contribution in [2.75, 3.05) is 11.4 Å². The third kappa shape index (κ3) is 1.71. The number of nitrogens with zero attached hydrogens (tertiary/aromatic N) is 2. The third-order valence-corrected chi connectivity index (χ3v) is 4.00. The summed E-state index contributed by atoms with van der Waals surface area (Å²) >= 11 is 0. The van der Waals surface area contributed by atoms with Gasteiger partial charge < -0.3 is 5.32 Å². The first-order valence-electron chi connectivity index (χ1n) is 6.92. The van der Waals surface area contributed by atoms with Gasteiger partial charge in [-0.2, -0.15) is 0 Å². The van der Waals surface area contributed by atoms with E-state index in [1.54, 1.807) is 12.1 Å². The van der Waals surface area contributed by atoms with Crippen molar-refractivity contribution in [3.63, 3.8) is 0 Å². The molecule has 0 bridgehead atoms. The fraction of sp³-hybridized carbons (Fsp3) is 0.188. The molecule has 0 saturated carbocycles. The average Bonchev–Trinajstić information content (AvgIpc) is 2.79. The number of fused-ring (bicyclic) bond motifs is 2. The van der Waals surface area contributed by atoms with Crippen LogP contribution in [0.15, 0.2) is 36.5 Å². The normalized spacial score (nSPS) is 16.9. The molecule has 0 spiro atoms. The van der Waals surface area contributed by atoms with E-state index in [-0.39, 0.29) is 17.5 Å². The Bertz CT molecular complexity index is 735. The van der Waals surface area contributed by atoms with Gasteiger partial charge in [-0.25, -0.2) is 4.90 Å². The zero-order valence-corrected chi connectivity index (χ0v) is 11.3. The second-order valence-corrected chi connectivity index (χ2v) is 5.19. The molecule has 0 atom stereocenters. The Morgan fingerprint density at radius 1 is 1.10 bits per heavy atom. The van der Waals surface area contributed by atoms with Gasteiger partial charge in [-0.05, 0) is 42.3 Å². The molecule has 0 radical (unpaired) electrons. The lowest BCUT2D eigenvalue weighted by atomic mass is 9.98. The Morgan fingerprint density at radius 2 is 2.00 bits per heavy atom. The summed E-state index contributed by atoms with van der Waals surface area (Å²) in [5, 5.41) is 3.30. The van der Waals surface area contributed by atoms with Crippen molar-refractivity contribution in [1.82, 2.24) is 10.3 Å². The lowest BCUT2D eigenvalue weighted by Crippen LogP contribution is -2.33. The van der Waals surface area contributed by atoms with Crippen LogP contribution in [0.4, 0.5) is 5.69 Å². The number of benzene rings is 1. The van der Waals surface area contributed by atoms with E-state index in [9.17, 15) is 9.59 Å². The first-order chi connectivity index (χ1) is 10.3. The molecule has 1 aromatic carbocycles. The van der Waals surface area contributed by atoms with Gasteiger partial charge in [0, 0.05) is 12.7 Å². The van der Waals surface area contributed by atoms with E-state index in [2.05, 4.69) is 10.3 Å². The van der Waals surface area contributed by atoms with E-state index in [0.717, 1.165) is 30.6 Å². The van der Waals surface area contributed by atoms with Gasteiger partial charge in [-0.1, -0.05) is 12.1 Å². The quantitative estimate of drug-likeness (QED) is 0.804. The first kappa shape index (κ1) is 12.2. The van der Waals surface area contributed by atoms with Crippen LogP contribution in [-0.2, 0) is 13.0 Å². The zero-order valence-electron chi connectivity index (χ0n) is 11.3. The third-order valence-electron chi connectivity index (χ3n) is 4.00. The molecule has 2 aliphatic heterocycles. The number of amides is 2. The van der Waals surface area contributed by atoms with Crippen LogP contribution in [0.1, 0.15) is 32.0 Å². The van der Waals surface area contributed by atoms with Crippen molar-refractivity contribution in [2.24, 2.45) is 0 Å². The lowest BCUT2D eigenvalue weighted by molar-refractivity contribution is 0.0924. The van der Waals surface area contributed by atoms with Crippen LogP contribution in [-0.4, -0.2) is 23.3 Å². The fourth-order valence-corrected chi connectivity index (χ4v) is 3.01. The van der Waals surface area contributed by atoms with Crippen molar-refractivity contribution >= 4 is 17.5 Å². The molecule has 0 aliphatic carbocycles. The minimum absolute atomic E-state index is 0.244. The number of anilines is 1. The fourth-order valence-electron chi connectivity index (χ4n) is 3.01. The molecule has 5 nitrogen and oxygen atoms in total. The van der Waals surface area contributed by atoms with Crippen LogP contribution in [0.5, 0.6) is 0 Å². The van der Waals surface area contributed by atoms with Crippen molar-refractivity contribution in [3.8, 4) is 0 Å². The number of aromatic nitrogens is 1. The standard InChI is InChI=1S/C16H13N3O2/c20-15-12-4-2-7-18-14(12)16(21)19(15)13-5-1-3-10-9-17-8-6-11(10)13/h1-5,7,17H,6,8-9H2. The summed E-state index contributed by atoms with van der Waals surface area (Å²) < 4.78 is 0. The second kappa shape index (κ2) is 4.49. The van der Waals surface area contributed by atoms with Crippen LogP contribution < -0.4 is 10.2 Å². The van der Waals surface area contributed by atoms with E-state index >= 15 is 0 Å². The summed E-state index contributed by atoms with van der Waals surface area (Å²) in [6, 6.07) is 9.09. The molecule has 3 heterocycles. The van der Waals surface area contributed by atoms with Crippen LogP contribution in [0.3, 0.4) is 0 Å². The highest BCUT2D eigenvalue weighted by molar-refractivity contribution is 6.34. The minimum atomic E-state index is -0.331. The van der Waals surface area contributed by atoms with Gasteiger partial charge >= 0.3 is 0 Å². The molecule has 0 saturated heterocycles. The topological polar surface area (TPSA) is 62.3 Å². The molecular formula is C16H13N3O2. The molecular weight excluding hydrogens is 266 g/mol. The number of imide groups is 1. The number of hydrogen-bond donors (Lipinski definition) is 1. The Kier molecular flexibility index (Phi) is 2.62. The summed E-state index contributed by atoms with van der Waals surface area (Å²) in [5.41, 5.74) is 3.54. The van der Waals surface area contributed by atoms with Crippen molar-refractivity contribution in [2.45, 2.75) is 13.0 Å². The van der Waals surface area contributed by atoms with E-state index < -0.39 is 0 Å². The highest BCUT2D eigenvalue weighted by Crippen LogP contribution is 2.32. The minimum Gasteiger partial charge on any atom is -0.312 e. The van der Waals surface area contributed by atoms with E-state index in [4.69, 9.17) is 0 Å². The smallest absolute Gasteiger partial charge is 0.284 e. The van der Waals surface area contributed by atoms with Gasteiger partial charge in [0.1, 0.15) is 5.69 Å². The molecule has 5 heteroatoms. The molecule has 2 aliphatic rings. The lowest BCUT2D eigenvalue weighted by Gasteiger charge is -2.24. The molecule has 104 valence electrons. The van der Waals surface area contributed by atoms with Crippen molar-refractivity contribution in [3.05, 3.63) is 58.9 Å². The Hall–Kier alpha value is -2.53. The van der Waals surface area contributed by atoms with Crippen molar-refractivity contribution < 1.29 is 9.59 Å². The summed E-state index contributed by atoms with van der Waals surface area (Å²) in [7, 11) is 0. The Balaban J connectivity index is 1.86. The number of hydrogen-bond acceptors (Lipinski definition) is 4. The van der Waals surface area contributed by atoms with E-state index in [0.29, 0.717) is 11.3 Å². The van der Waals surface area contributed by atoms with Gasteiger partial charge in [0.15, 0.2) is 0 Å². The maximum absolute atomic E-state index is 12.5. The predicted octanol–water partition coefficient (Wildman–Crippen LogP) is 1.53. The largest absolute Gasteiger partial charge is 0.312 e. The Labute approximate surface area is 121 Å². The SMILES string of the molecule is O=C1c2cccnc2C(=O)N1c1cccc2c1CCNC2. The van der Waals surface area contributed by atoms with Crippen LogP contribution in [0.2, 0.25) is 0 Å². The molecule has 1 N–H and O–H groups in total. The number of carbonyl (C=O) groups is 2. The van der Waals surface area contributed by atoms with Gasteiger partial charge in [0.2, 0.25) is 0 Å². The van der Waals surface area contributed by atoms with Crippen LogP contribution in [0.25, 0.3) is 0 Å². The molecule has 2 aromatic rings. The number of rotatable bonds is 1. The van der Waals surface area contributed by atoms with Crippen LogP contribution in [0, 0.1) is 0 Å². The molecule has 2 amide bonds. The molecule has 0 unspecified atom stereocenters. The van der Waals surface area contributed by atoms with E-state index in [1.807, 2.05) is 18.2 Å². The predicted molar refractivity (Wildman–Crippen MR) is 77.2 cm³/mol. The van der Waals surface area contributed by atoms with Gasteiger partial charge in [0.05, 0.1) is 11.3 Å². The number of nitrogens with one attached hydrogen (secondary N) is 1. The van der Waals surface area contributed by atoms with Gasteiger partial charge in [0.25, 0.3) is 11.8 Å². The molecule has 1 aromatic heterocycles. The monoisotopic (exact) mass is 279 g/mol. The maximum Gasteiger partial charge on any atom is 0.284 e. The summed E-state index contributed by atoms with van der Waals surface area (Å²) in [5.74, 6) is -0.613. The average molecular weight is 279 g/mol.